The zero-order chi connectivity index (χ0) is 18.3. The summed E-state index contributed by atoms with van der Waals surface area (Å²) in [6, 6.07) is 16.1. The Hall–Kier alpha value is -2.44. The zero-order valence-corrected chi connectivity index (χ0v) is 16.5. The van der Waals surface area contributed by atoms with E-state index in [1.807, 2.05) is 71.4 Å². The van der Waals surface area contributed by atoms with Gasteiger partial charge in [0.05, 0.1) is 22.3 Å². The number of fused-ring (bicyclic) bond motifs is 1. The van der Waals surface area contributed by atoms with Crippen LogP contribution >= 0.6 is 22.7 Å². The van der Waals surface area contributed by atoms with Gasteiger partial charge in [-0.3, -0.25) is 4.79 Å². The Morgan fingerprint density at radius 3 is 2.65 bits per heavy atom. The van der Waals surface area contributed by atoms with Gasteiger partial charge in [0.25, 0.3) is 5.91 Å². The molecule has 0 aliphatic rings. The van der Waals surface area contributed by atoms with E-state index in [0.717, 1.165) is 26.5 Å². The Labute approximate surface area is 160 Å². The number of rotatable bonds is 4. The van der Waals surface area contributed by atoms with Crippen LogP contribution < -0.4 is 0 Å². The molecule has 4 rings (SSSR count). The molecule has 0 N–H and O–H groups in total. The van der Waals surface area contributed by atoms with Gasteiger partial charge in [0, 0.05) is 17.3 Å². The SMILES string of the molecule is Cc1nn(-c2ccccc2)c2sc(C(=O)N(C)C(C)c3cccs3)cc12. The van der Waals surface area contributed by atoms with Crippen LogP contribution in [0.1, 0.15) is 33.2 Å². The highest BCUT2D eigenvalue weighted by Gasteiger charge is 2.23. The topological polar surface area (TPSA) is 38.1 Å². The third kappa shape index (κ3) is 2.85. The number of para-hydroxylation sites is 1. The highest BCUT2D eigenvalue weighted by Crippen LogP contribution is 2.32. The monoisotopic (exact) mass is 381 g/mol. The molecule has 0 saturated carbocycles. The number of aryl methyl sites for hydroxylation is 1. The third-order valence-corrected chi connectivity index (χ3v) is 6.75. The number of benzene rings is 1. The van der Waals surface area contributed by atoms with Crippen LogP contribution in [0.2, 0.25) is 0 Å². The van der Waals surface area contributed by atoms with Crippen molar-refractivity contribution in [1.29, 1.82) is 0 Å². The summed E-state index contributed by atoms with van der Waals surface area (Å²) >= 11 is 3.18. The smallest absolute Gasteiger partial charge is 0.264 e. The maximum atomic E-state index is 13.0. The van der Waals surface area contributed by atoms with Crippen LogP contribution in [-0.4, -0.2) is 27.6 Å². The lowest BCUT2D eigenvalue weighted by atomic mass is 10.2. The Kier molecular flexibility index (Phi) is 4.38. The predicted molar refractivity (Wildman–Crippen MR) is 109 cm³/mol. The van der Waals surface area contributed by atoms with E-state index in [9.17, 15) is 4.79 Å². The van der Waals surface area contributed by atoms with Crippen molar-refractivity contribution >= 4 is 38.8 Å². The molecule has 4 nitrogen and oxygen atoms in total. The molecule has 4 aromatic rings. The molecule has 6 heteroatoms. The lowest BCUT2D eigenvalue weighted by Gasteiger charge is -2.23. The molecule has 1 aromatic carbocycles. The standard InChI is InChI=1S/C20H19N3OS2/c1-13-16-12-18(19(24)22(3)14(2)17-10-7-11-25-17)26-20(16)23(21-13)15-8-5-4-6-9-15/h4-12,14H,1-3H3. The average Bonchev–Trinajstić information content (AvgIpc) is 3.39. The second-order valence-corrected chi connectivity index (χ2v) is 8.28. The first-order valence-corrected chi connectivity index (χ1v) is 10.1. The maximum Gasteiger partial charge on any atom is 0.264 e. The van der Waals surface area contributed by atoms with Crippen molar-refractivity contribution in [2.75, 3.05) is 7.05 Å². The molecule has 0 aliphatic heterocycles. The number of carbonyl (C=O) groups excluding carboxylic acids is 1. The number of aromatic nitrogens is 2. The second kappa shape index (κ2) is 6.70. The molecule has 3 aromatic heterocycles. The fourth-order valence-corrected chi connectivity index (χ4v) is 4.96. The van der Waals surface area contributed by atoms with Crippen LogP contribution in [0.15, 0.2) is 53.9 Å². The van der Waals surface area contributed by atoms with Gasteiger partial charge in [-0.05, 0) is 43.5 Å². The minimum Gasteiger partial charge on any atom is -0.333 e. The van der Waals surface area contributed by atoms with Crippen LogP contribution in [-0.2, 0) is 0 Å². The normalized spacial score (nSPS) is 12.4. The summed E-state index contributed by atoms with van der Waals surface area (Å²) in [4.78, 5) is 17.8. The van der Waals surface area contributed by atoms with Gasteiger partial charge in [0.15, 0.2) is 0 Å². The Bertz CT molecular complexity index is 1050. The zero-order valence-electron chi connectivity index (χ0n) is 14.8. The van der Waals surface area contributed by atoms with Gasteiger partial charge in [-0.2, -0.15) is 5.10 Å². The molecule has 26 heavy (non-hydrogen) atoms. The molecule has 0 bridgehead atoms. The van der Waals surface area contributed by atoms with E-state index < -0.39 is 0 Å². The maximum absolute atomic E-state index is 13.0. The molecule has 0 fully saturated rings. The van der Waals surface area contributed by atoms with Crippen molar-refractivity contribution in [3.05, 3.63) is 69.4 Å². The van der Waals surface area contributed by atoms with Crippen LogP contribution in [0.25, 0.3) is 15.9 Å². The van der Waals surface area contributed by atoms with Crippen LogP contribution in [0.4, 0.5) is 0 Å². The largest absolute Gasteiger partial charge is 0.333 e. The second-order valence-electron chi connectivity index (χ2n) is 6.27. The molecule has 0 spiro atoms. The fourth-order valence-electron chi connectivity index (χ4n) is 2.97. The summed E-state index contributed by atoms with van der Waals surface area (Å²) in [6.45, 7) is 4.05. The first kappa shape index (κ1) is 17.0. The molecular weight excluding hydrogens is 362 g/mol. The van der Waals surface area contributed by atoms with E-state index in [2.05, 4.69) is 18.1 Å². The Morgan fingerprint density at radius 2 is 1.96 bits per heavy atom. The lowest BCUT2D eigenvalue weighted by Crippen LogP contribution is -2.28. The highest BCUT2D eigenvalue weighted by molar-refractivity contribution is 7.20. The van der Waals surface area contributed by atoms with Crippen LogP contribution in [0, 0.1) is 6.92 Å². The van der Waals surface area contributed by atoms with E-state index >= 15 is 0 Å². The van der Waals surface area contributed by atoms with Gasteiger partial charge in [-0.1, -0.05) is 24.3 Å². The quantitative estimate of drug-likeness (QED) is 0.482. The molecule has 3 heterocycles. The van der Waals surface area contributed by atoms with Crippen LogP contribution in [0.3, 0.4) is 0 Å². The summed E-state index contributed by atoms with van der Waals surface area (Å²) in [6.07, 6.45) is 0. The predicted octanol–water partition coefficient (Wildman–Crippen LogP) is 5.29. The first-order valence-electron chi connectivity index (χ1n) is 8.41. The summed E-state index contributed by atoms with van der Waals surface area (Å²) in [5.41, 5.74) is 1.94. The summed E-state index contributed by atoms with van der Waals surface area (Å²) in [5, 5.41) is 7.73. The highest BCUT2D eigenvalue weighted by atomic mass is 32.1. The molecule has 0 saturated heterocycles. The van der Waals surface area contributed by atoms with Crippen molar-refractivity contribution in [1.82, 2.24) is 14.7 Å². The van der Waals surface area contributed by atoms with E-state index in [-0.39, 0.29) is 11.9 Å². The number of thiophene rings is 2. The molecule has 1 unspecified atom stereocenters. The van der Waals surface area contributed by atoms with Gasteiger partial charge in [-0.25, -0.2) is 4.68 Å². The molecule has 0 radical (unpaired) electrons. The fraction of sp³-hybridized carbons (Fsp3) is 0.200. The van der Waals surface area contributed by atoms with E-state index in [0.29, 0.717) is 0 Å². The van der Waals surface area contributed by atoms with E-state index in [1.165, 1.54) is 16.2 Å². The summed E-state index contributed by atoms with van der Waals surface area (Å²) < 4.78 is 1.93. The number of carbonyl (C=O) groups is 1. The minimum absolute atomic E-state index is 0.0473. The van der Waals surface area contributed by atoms with Crippen LogP contribution in [0.5, 0.6) is 0 Å². The van der Waals surface area contributed by atoms with Crippen molar-refractivity contribution in [2.24, 2.45) is 0 Å². The number of hydrogen-bond acceptors (Lipinski definition) is 4. The minimum atomic E-state index is 0.0473. The Morgan fingerprint density at radius 1 is 1.19 bits per heavy atom. The summed E-state index contributed by atoms with van der Waals surface area (Å²) in [7, 11) is 1.87. The van der Waals surface area contributed by atoms with Gasteiger partial charge < -0.3 is 4.90 Å². The van der Waals surface area contributed by atoms with E-state index in [4.69, 9.17) is 0 Å². The lowest BCUT2D eigenvalue weighted by molar-refractivity contribution is 0.0750. The number of amides is 1. The average molecular weight is 382 g/mol. The molecule has 1 amide bonds. The number of hydrogen-bond donors (Lipinski definition) is 0. The molecule has 1 atom stereocenters. The molecular formula is C20H19N3OS2. The molecule has 132 valence electrons. The van der Waals surface area contributed by atoms with Crippen molar-refractivity contribution < 1.29 is 4.79 Å². The van der Waals surface area contributed by atoms with Gasteiger partial charge in [0.1, 0.15) is 4.83 Å². The van der Waals surface area contributed by atoms with E-state index in [1.54, 1.807) is 11.3 Å². The van der Waals surface area contributed by atoms with Crippen molar-refractivity contribution in [2.45, 2.75) is 19.9 Å². The molecule has 0 aliphatic carbocycles. The Balaban J connectivity index is 1.70. The van der Waals surface area contributed by atoms with Gasteiger partial charge in [0.2, 0.25) is 0 Å². The van der Waals surface area contributed by atoms with Gasteiger partial charge in [-0.15, -0.1) is 22.7 Å². The third-order valence-electron chi connectivity index (χ3n) is 4.61. The van der Waals surface area contributed by atoms with Crippen molar-refractivity contribution in [3.8, 4) is 5.69 Å². The van der Waals surface area contributed by atoms with Gasteiger partial charge >= 0.3 is 0 Å². The number of nitrogens with zero attached hydrogens (tertiary/aromatic N) is 3. The first-order chi connectivity index (χ1) is 12.6. The summed E-state index contributed by atoms with van der Waals surface area (Å²) in [5.74, 6) is 0.0473. The van der Waals surface area contributed by atoms with Crippen molar-refractivity contribution in [3.63, 3.8) is 0 Å².